The molecule has 9 nitrogen and oxygen atoms in total. The average molecular weight is 484 g/mol. The van der Waals surface area contributed by atoms with E-state index in [4.69, 9.17) is 4.74 Å². The van der Waals surface area contributed by atoms with E-state index >= 15 is 0 Å². The maximum Gasteiger partial charge on any atom is 0.573 e. The van der Waals surface area contributed by atoms with E-state index in [0.29, 0.717) is 6.42 Å². The Hall–Kier alpha value is -2.54. The van der Waals surface area contributed by atoms with E-state index in [1.165, 1.54) is 0 Å². The summed E-state index contributed by atoms with van der Waals surface area (Å²) in [7, 11) is -4.03. The number of amides is 2. The summed E-state index contributed by atoms with van der Waals surface area (Å²) < 4.78 is 71.7. The van der Waals surface area contributed by atoms with E-state index in [1.807, 2.05) is 13.8 Å². The molecule has 0 aliphatic rings. The SMILES string of the molecule is CCOC(=O)NC(CNC(=O)CCNS(=O)(=O)c1ccc(OC(F)(F)F)cc1)CC(C)C. The number of ether oxygens (including phenoxy) is 2. The molecule has 0 aromatic heterocycles. The van der Waals surface area contributed by atoms with Gasteiger partial charge in [-0.05, 0) is 43.5 Å². The van der Waals surface area contributed by atoms with Crippen LogP contribution < -0.4 is 20.1 Å². The van der Waals surface area contributed by atoms with Crippen LogP contribution in [0.2, 0.25) is 0 Å². The van der Waals surface area contributed by atoms with Gasteiger partial charge in [0, 0.05) is 25.6 Å². The first kappa shape index (κ1) is 27.5. The number of halogens is 3. The van der Waals surface area contributed by atoms with Crippen molar-refractivity contribution in [1.29, 1.82) is 0 Å². The van der Waals surface area contributed by atoms with Crippen LogP contribution in [0.15, 0.2) is 29.2 Å². The Morgan fingerprint density at radius 1 is 1.12 bits per heavy atom. The standard InChI is InChI=1S/C19H28F3N3O6S/c1-4-30-18(27)25-14(11-13(2)3)12-23-17(26)9-10-24-32(28,29)16-7-5-15(6-8-16)31-19(20,21)22/h5-8,13-14,24H,4,9-12H2,1-3H3,(H,23,26)(H,25,27). The molecule has 1 aromatic carbocycles. The molecule has 0 spiro atoms. The zero-order valence-electron chi connectivity index (χ0n) is 18.0. The van der Waals surface area contributed by atoms with Crippen molar-refractivity contribution in [3.63, 3.8) is 0 Å². The van der Waals surface area contributed by atoms with Gasteiger partial charge in [-0.1, -0.05) is 13.8 Å². The molecule has 3 N–H and O–H groups in total. The van der Waals surface area contributed by atoms with E-state index in [9.17, 15) is 31.2 Å². The Labute approximate surface area is 185 Å². The summed E-state index contributed by atoms with van der Waals surface area (Å²) >= 11 is 0. The predicted octanol–water partition coefficient (Wildman–Crippen LogP) is 2.53. The first-order valence-corrected chi connectivity index (χ1v) is 11.4. The number of alkyl halides is 3. The lowest BCUT2D eigenvalue weighted by molar-refractivity contribution is -0.274. The average Bonchev–Trinajstić information content (AvgIpc) is 2.65. The van der Waals surface area contributed by atoms with Crippen LogP contribution in [-0.2, 0) is 19.6 Å². The smallest absolute Gasteiger partial charge is 0.450 e. The van der Waals surface area contributed by atoms with Gasteiger partial charge in [0.1, 0.15) is 5.75 Å². The fraction of sp³-hybridized carbons (Fsp3) is 0.579. The van der Waals surface area contributed by atoms with Crippen LogP contribution in [0.3, 0.4) is 0 Å². The van der Waals surface area contributed by atoms with Crippen molar-refractivity contribution < 1.29 is 40.7 Å². The molecule has 13 heteroatoms. The molecule has 0 aliphatic heterocycles. The molecule has 0 bridgehead atoms. The van der Waals surface area contributed by atoms with Gasteiger partial charge in [0.2, 0.25) is 15.9 Å². The monoisotopic (exact) mass is 483 g/mol. The molecular weight excluding hydrogens is 455 g/mol. The van der Waals surface area contributed by atoms with Crippen molar-refractivity contribution in [2.75, 3.05) is 19.7 Å². The van der Waals surface area contributed by atoms with E-state index in [2.05, 4.69) is 20.1 Å². The molecule has 0 fully saturated rings. The highest BCUT2D eigenvalue weighted by molar-refractivity contribution is 7.89. The zero-order chi connectivity index (χ0) is 24.4. The van der Waals surface area contributed by atoms with Crippen molar-refractivity contribution in [2.24, 2.45) is 5.92 Å². The number of rotatable bonds is 12. The summed E-state index contributed by atoms with van der Waals surface area (Å²) in [6, 6.07) is 3.31. The van der Waals surface area contributed by atoms with Crippen molar-refractivity contribution in [1.82, 2.24) is 15.4 Å². The van der Waals surface area contributed by atoms with Gasteiger partial charge in [-0.2, -0.15) is 0 Å². The second-order valence-corrected chi connectivity index (χ2v) is 8.93. The van der Waals surface area contributed by atoms with E-state index < -0.39 is 34.1 Å². The van der Waals surface area contributed by atoms with Crippen molar-refractivity contribution in [2.45, 2.75) is 50.9 Å². The molecule has 2 amide bonds. The molecule has 1 atom stereocenters. The quantitative estimate of drug-likeness (QED) is 0.420. The highest BCUT2D eigenvalue weighted by Crippen LogP contribution is 2.23. The fourth-order valence-electron chi connectivity index (χ4n) is 2.63. The summed E-state index contributed by atoms with van der Waals surface area (Å²) in [5.74, 6) is -0.747. The van der Waals surface area contributed by atoms with Crippen molar-refractivity contribution in [3.05, 3.63) is 24.3 Å². The second kappa shape index (κ2) is 12.5. The second-order valence-electron chi connectivity index (χ2n) is 7.16. The molecule has 182 valence electrons. The molecule has 0 radical (unpaired) electrons. The number of benzene rings is 1. The molecule has 1 rings (SSSR count). The molecule has 32 heavy (non-hydrogen) atoms. The summed E-state index contributed by atoms with van der Waals surface area (Å²) in [4.78, 5) is 23.4. The molecule has 1 unspecified atom stereocenters. The number of hydrogen-bond donors (Lipinski definition) is 3. The topological polar surface area (TPSA) is 123 Å². The van der Waals surface area contributed by atoms with E-state index in [-0.39, 0.29) is 43.0 Å². The van der Waals surface area contributed by atoms with Crippen LogP contribution in [0.1, 0.15) is 33.6 Å². The van der Waals surface area contributed by atoms with Gasteiger partial charge in [0.05, 0.1) is 11.5 Å². The van der Waals surface area contributed by atoms with Gasteiger partial charge >= 0.3 is 12.5 Å². The van der Waals surface area contributed by atoms with Crippen LogP contribution in [0.25, 0.3) is 0 Å². The highest BCUT2D eigenvalue weighted by atomic mass is 32.2. The summed E-state index contributed by atoms with van der Waals surface area (Å²) in [5.41, 5.74) is 0. The third kappa shape index (κ3) is 11.2. The zero-order valence-corrected chi connectivity index (χ0v) is 18.8. The first-order valence-electron chi connectivity index (χ1n) is 9.88. The van der Waals surface area contributed by atoms with Crippen LogP contribution >= 0.6 is 0 Å². The van der Waals surface area contributed by atoms with Gasteiger partial charge in [-0.25, -0.2) is 17.9 Å². The van der Waals surface area contributed by atoms with Crippen molar-refractivity contribution >= 4 is 22.0 Å². The van der Waals surface area contributed by atoms with Crippen LogP contribution in [0.4, 0.5) is 18.0 Å². The minimum atomic E-state index is -4.88. The van der Waals surface area contributed by atoms with Gasteiger partial charge in [0.15, 0.2) is 0 Å². The van der Waals surface area contributed by atoms with Gasteiger partial charge in [0.25, 0.3) is 0 Å². The molecule has 1 aromatic rings. The fourth-order valence-corrected chi connectivity index (χ4v) is 3.66. The highest BCUT2D eigenvalue weighted by Gasteiger charge is 2.31. The molecular formula is C19H28F3N3O6S. The Morgan fingerprint density at radius 2 is 1.75 bits per heavy atom. The minimum absolute atomic E-state index is 0.142. The first-order chi connectivity index (χ1) is 14.8. The number of sulfonamides is 1. The lowest BCUT2D eigenvalue weighted by Crippen LogP contribution is -2.45. The number of carbonyl (C=O) groups is 2. The summed E-state index contributed by atoms with van der Waals surface area (Å²) in [6.07, 6.45) is -5.06. The van der Waals surface area contributed by atoms with Crippen molar-refractivity contribution in [3.8, 4) is 5.75 Å². The van der Waals surface area contributed by atoms with Gasteiger partial charge in [-0.3, -0.25) is 4.79 Å². The lowest BCUT2D eigenvalue weighted by atomic mass is 10.0. The largest absolute Gasteiger partial charge is 0.573 e. The normalized spacial score (nSPS) is 12.8. The summed E-state index contributed by atoms with van der Waals surface area (Å²) in [6.45, 7) is 5.71. The molecule has 0 aliphatic carbocycles. The number of carbonyl (C=O) groups excluding carboxylic acids is 2. The van der Waals surface area contributed by atoms with Gasteiger partial charge in [-0.15, -0.1) is 13.2 Å². The minimum Gasteiger partial charge on any atom is -0.450 e. The number of hydrogen-bond acceptors (Lipinski definition) is 6. The van der Waals surface area contributed by atoms with E-state index in [0.717, 1.165) is 24.3 Å². The van der Waals surface area contributed by atoms with Crippen LogP contribution in [0, 0.1) is 5.92 Å². The Balaban J connectivity index is 2.51. The molecule has 0 heterocycles. The molecule has 0 saturated carbocycles. The summed E-state index contributed by atoms with van der Waals surface area (Å²) in [5, 5.41) is 5.28. The van der Waals surface area contributed by atoms with Crippen LogP contribution in [-0.4, -0.2) is 52.5 Å². The Morgan fingerprint density at radius 3 is 2.28 bits per heavy atom. The maximum absolute atomic E-state index is 12.2. The van der Waals surface area contributed by atoms with E-state index in [1.54, 1.807) is 6.92 Å². The van der Waals surface area contributed by atoms with Gasteiger partial charge < -0.3 is 20.1 Å². The van der Waals surface area contributed by atoms with Crippen LogP contribution in [0.5, 0.6) is 5.75 Å². The lowest BCUT2D eigenvalue weighted by Gasteiger charge is -2.20. The third-order valence-electron chi connectivity index (χ3n) is 3.91. The maximum atomic E-state index is 12.2. The molecule has 0 saturated heterocycles. The number of nitrogens with one attached hydrogen (secondary N) is 3. The third-order valence-corrected chi connectivity index (χ3v) is 5.39. The Bertz CT molecular complexity index is 845. The number of alkyl carbamates (subject to hydrolysis) is 1. The Kier molecular flexibility index (Phi) is 10.7. The predicted molar refractivity (Wildman–Crippen MR) is 109 cm³/mol.